The van der Waals surface area contributed by atoms with Gasteiger partial charge in [-0.3, -0.25) is 4.79 Å². The van der Waals surface area contributed by atoms with Gasteiger partial charge in [-0.25, -0.2) is 13.2 Å². The summed E-state index contributed by atoms with van der Waals surface area (Å²) in [6, 6.07) is 18.4. The Kier molecular flexibility index (Phi) is 7.86. The Bertz CT molecular complexity index is 1230. The van der Waals surface area contributed by atoms with Crippen molar-refractivity contribution < 1.29 is 28.2 Å². The van der Waals surface area contributed by atoms with E-state index in [2.05, 4.69) is 0 Å². The number of hydrogen-bond acceptors (Lipinski definition) is 5. The fourth-order valence-corrected chi connectivity index (χ4v) is 4.71. The van der Waals surface area contributed by atoms with Gasteiger partial charge in [-0.2, -0.15) is 0 Å². The van der Waals surface area contributed by atoms with Crippen LogP contribution in [-0.4, -0.2) is 49.0 Å². The number of hydrogen-bond donors (Lipinski definition) is 2. The highest BCUT2D eigenvalue weighted by Gasteiger charge is 2.20. The van der Waals surface area contributed by atoms with Crippen LogP contribution in [0.1, 0.15) is 27.6 Å². The van der Waals surface area contributed by atoms with Crippen LogP contribution in [0.15, 0.2) is 82.6 Å². The lowest BCUT2D eigenvalue weighted by Crippen LogP contribution is -2.35. The lowest BCUT2D eigenvalue weighted by Gasteiger charge is -2.23. The molecule has 172 valence electrons. The van der Waals surface area contributed by atoms with Crippen LogP contribution >= 0.6 is 11.6 Å². The predicted molar refractivity (Wildman–Crippen MR) is 123 cm³/mol. The summed E-state index contributed by atoms with van der Waals surface area (Å²) in [5.74, 6) is 0. The molecule has 0 aromatic heterocycles. The fraction of sp³-hybridized carbons (Fsp3) is 0.167. The fourth-order valence-electron chi connectivity index (χ4n) is 3.25. The molecule has 1 amide bonds. The van der Waals surface area contributed by atoms with Crippen molar-refractivity contribution in [3.63, 3.8) is 0 Å². The van der Waals surface area contributed by atoms with Crippen molar-refractivity contribution in [2.45, 2.75) is 22.3 Å². The molecule has 9 heteroatoms. The maximum absolute atomic E-state index is 12.8. The van der Waals surface area contributed by atoms with Crippen LogP contribution < -0.4 is 0 Å². The first-order chi connectivity index (χ1) is 15.7. The number of aliphatic hydroxyl groups excluding tert-OH is 1. The number of carbonyl (C=O) groups excluding carboxylic acids is 1. The molecule has 0 fully saturated rings. The summed E-state index contributed by atoms with van der Waals surface area (Å²) in [7, 11) is -3.74. The Morgan fingerprint density at radius 1 is 1.00 bits per heavy atom. The molecule has 0 radical (unpaired) electrons. The molecule has 0 heterocycles. The maximum atomic E-state index is 12.8. The molecular formula is C24H22ClNO6S. The van der Waals surface area contributed by atoms with Gasteiger partial charge in [0.1, 0.15) is 6.29 Å². The van der Waals surface area contributed by atoms with Gasteiger partial charge in [0, 0.05) is 17.1 Å². The van der Waals surface area contributed by atoms with Crippen LogP contribution in [0.4, 0.5) is 4.79 Å². The predicted octanol–water partition coefficient (Wildman–Crippen LogP) is 4.24. The molecule has 7 nitrogen and oxygen atoms in total. The van der Waals surface area contributed by atoms with Crippen LogP contribution in [0.5, 0.6) is 0 Å². The third-order valence-corrected chi connectivity index (χ3v) is 7.15. The van der Waals surface area contributed by atoms with Gasteiger partial charge >= 0.3 is 6.09 Å². The monoisotopic (exact) mass is 487 g/mol. The summed E-state index contributed by atoms with van der Waals surface area (Å²) in [5, 5.41) is 20.3. The second-order valence-corrected chi connectivity index (χ2v) is 9.77. The van der Waals surface area contributed by atoms with E-state index in [4.69, 9.17) is 11.6 Å². The van der Waals surface area contributed by atoms with Crippen LogP contribution in [0.25, 0.3) is 0 Å². The molecular weight excluding hydrogens is 466 g/mol. The Labute approximate surface area is 196 Å². The molecule has 3 aromatic rings. The second kappa shape index (κ2) is 10.6. The molecule has 1 atom stereocenters. The summed E-state index contributed by atoms with van der Waals surface area (Å²) in [4.78, 5) is 23.7. The summed E-state index contributed by atoms with van der Waals surface area (Å²) < 4.78 is 25.5. The molecule has 0 saturated heterocycles. The van der Waals surface area contributed by atoms with E-state index >= 15 is 0 Å². The lowest BCUT2D eigenvalue weighted by molar-refractivity contribution is 0.0973. The highest BCUT2D eigenvalue weighted by molar-refractivity contribution is 7.91. The third-order valence-electron chi connectivity index (χ3n) is 5.13. The number of carboxylic acid groups (broad SMARTS) is 1. The first-order valence-corrected chi connectivity index (χ1v) is 11.9. The minimum absolute atomic E-state index is 0.0768. The van der Waals surface area contributed by atoms with Gasteiger partial charge in [0.25, 0.3) is 0 Å². The second-order valence-electron chi connectivity index (χ2n) is 7.38. The van der Waals surface area contributed by atoms with Gasteiger partial charge in [0.2, 0.25) is 9.84 Å². The topological polar surface area (TPSA) is 112 Å². The largest absolute Gasteiger partial charge is 0.465 e. The van der Waals surface area contributed by atoms with Crippen molar-refractivity contribution in [2.24, 2.45) is 0 Å². The Hall–Kier alpha value is -3.20. The zero-order chi connectivity index (χ0) is 24.0. The van der Waals surface area contributed by atoms with Crippen molar-refractivity contribution in [3.8, 4) is 0 Å². The molecule has 2 N–H and O–H groups in total. The van der Waals surface area contributed by atoms with Crippen molar-refractivity contribution in [2.75, 3.05) is 13.1 Å². The number of aldehydes is 1. The van der Waals surface area contributed by atoms with Crippen molar-refractivity contribution in [3.05, 3.63) is 94.5 Å². The van der Waals surface area contributed by atoms with E-state index in [0.29, 0.717) is 28.9 Å². The van der Waals surface area contributed by atoms with E-state index < -0.39 is 22.0 Å². The van der Waals surface area contributed by atoms with E-state index in [1.54, 1.807) is 36.4 Å². The lowest BCUT2D eigenvalue weighted by atomic mass is 10.1. The minimum atomic E-state index is -3.74. The zero-order valence-electron chi connectivity index (χ0n) is 17.5. The first-order valence-electron chi connectivity index (χ1n) is 10.0. The Balaban J connectivity index is 1.66. The normalized spacial score (nSPS) is 12.2. The van der Waals surface area contributed by atoms with Gasteiger partial charge < -0.3 is 15.1 Å². The summed E-state index contributed by atoms with van der Waals surface area (Å²) in [6.07, 6.45) is -1.23. The van der Waals surface area contributed by atoms with Crippen LogP contribution in [0.3, 0.4) is 0 Å². The van der Waals surface area contributed by atoms with Crippen molar-refractivity contribution >= 4 is 33.8 Å². The maximum Gasteiger partial charge on any atom is 0.407 e. The van der Waals surface area contributed by atoms with Crippen LogP contribution in [0, 0.1) is 0 Å². The molecule has 3 rings (SSSR count). The molecule has 0 spiro atoms. The van der Waals surface area contributed by atoms with Gasteiger partial charge in [0.15, 0.2) is 0 Å². The molecule has 0 aliphatic carbocycles. The number of halogens is 1. The van der Waals surface area contributed by atoms with Gasteiger partial charge in [0.05, 0.1) is 22.4 Å². The molecule has 3 aromatic carbocycles. The molecule has 0 unspecified atom stereocenters. The molecule has 0 saturated carbocycles. The molecule has 0 bridgehead atoms. The number of rotatable bonds is 9. The standard InChI is InChI=1S/C24H22ClNO6S/c25-20-3-1-2-19(14-20)23(28)15-26(24(29)30)13-12-17-4-8-21(9-5-17)33(31,32)22-10-6-18(16-27)7-11-22/h1-11,14,16,23,28H,12-13,15H2,(H,29,30)/t23-/m0/s1. The highest BCUT2D eigenvalue weighted by Crippen LogP contribution is 2.22. The van der Waals surface area contributed by atoms with Crippen LogP contribution in [0.2, 0.25) is 5.02 Å². The van der Waals surface area contributed by atoms with E-state index in [-0.39, 0.29) is 22.9 Å². The molecule has 0 aliphatic rings. The van der Waals surface area contributed by atoms with Crippen molar-refractivity contribution in [1.29, 1.82) is 0 Å². The molecule has 0 aliphatic heterocycles. The number of aliphatic hydroxyl groups is 1. The smallest absolute Gasteiger partial charge is 0.407 e. The number of carbonyl (C=O) groups is 2. The van der Waals surface area contributed by atoms with E-state index in [9.17, 15) is 28.2 Å². The van der Waals surface area contributed by atoms with E-state index in [1.165, 1.54) is 36.4 Å². The number of sulfone groups is 1. The average molecular weight is 488 g/mol. The first kappa shape index (κ1) is 24.4. The Morgan fingerprint density at radius 2 is 1.61 bits per heavy atom. The van der Waals surface area contributed by atoms with E-state index in [1.807, 2.05) is 0 Å². The quantitative estimate of drug-likeness (QED) is 0.436. The van der Waals surface area contributed by atoms with Crippen molar-refractivity contribution in [1.82, 2.24) is 4.90 Å². The zero-order valence-corrected chi connectivity index (χ0v) is 19.0. The average Bonchev–Trinajstić information content (AvgIpc) is 2.81. The Morgan fingerprint density at radius 3 is 2.15 bits per heavy atom. The summed E-state index contributed by atoms with van der Waals surface area (Å²) in [6.45, 7) is -0.00879. The number of amides is 1. The van der Waals surface area contributed by atoms with Crippen LogP contribution in [-0.2, 0) is 16.3 Å². The van der Waals surface area contributed by atoms with Gasteiger partial charge in [-0.1, -0.05) is 48.0 Å². The third kappa shape index (κ3) is 6.19. The number of nitrogens with zero attached hydrogens (tertiary/aromatic N) is 1. The number of benzene rings is 3. The summed E-state index contributed by atoms with van der Waals surface area (Å²) >= 11 is 5.93. The van der Waals surface area contributed by atoms with E-state index in [0.717, 1.165) is 10.5 Å². The minimum Gasteiger partial charge on any atom is -0.465 e. The van der Waals surface area contributed by atoms with Gasteiger partial charge in [-0.05, 0) is 53.9 Å². The summed E-state index contributed by atoms with van der Waals surface area (Å²) in [5.41, 5.74) is 1.64. The van der Waals surface area contributed by atoms with Gasteiger partial charge in [-0.15, -0.1) is 0 Å². The highest BCUT2D eigenvalue weighted by atomic mass is 35.5. The SMILES string of the molecule is O=Cc1ccc(S(=O)(=O)c2ccc(CCN(C[C@H](O)c3cccc(Cl)c3)C(=O)O)cc2)cc1. The molecule has 33 heavy (non-hydrogen) atoms.